The fraction of sp³-hybridized carbons (Fsp3) is 0.200. The van der Waals surface area contributed by atoms with Crippen LogP contribution in [0.1, 0.15) is 17.9 Å². The van der Waals surface area contributed by atoms with Gasteiger partial charge in [0, 0.05) is 42.3 Å². The number of carbonyl (C=O) groups excluding carboxylic acids is 2. The molecular weight excluding hydrogens is 444 g/mol. The van der Waals surface area contributed by atoms with Gasteiger partial charge >= 0.3 is 6.03 Å². The average molecular weight is 467 g/mol. The van der Waals surface area contributed by atoms with Gasteiger partial charge in [-0.3, -0.25) is 4.79 Å². The first kappa shape index (κ1) is 23.0. The Morgan fingerprint density at radius 3 is 2.26 bits per heavy atom. The predicted molar refractivity (Wildman–Crippen MR) is 122 cm³/mol. The van der Waals surface area contributed by atoms with E-state index in [9.17, 15) is 18.4 Å². The molecule has 0 aromatic heterocycles. The van der Waals surface area contributed by atoms with Gasteiger partial charge in [0.25, 0.3) is 0 Å². The number of anilines is 1. The number of halogens is 2. The number of piperidine rings is 1. The van der Waals surface area contributed by atoms with Crippen LogP contribution in [0, 0.1) is 11.6 Å². The van der Waals surface area contributed by atoms with Crippen LogP contribution >= 0.6 is 0 Å². The van der Waals surface area contributed by atoms with Crippen LogP contribution in [0.2, 0.25) is 0 Å². The fourth-order valence-electron chi connectivity index (χ4n) is 3.83. The zero-order valence-corrected chi connectivity index (χ0v) is 18.3. The topological polar surface area (TPSA) is 88.7 Å². The number of para-hydroxylation sites is 1. The maximum atomic E-state index is 14.7. The summed E-state index contributed by atoms with van der Waals surface area (Å²) in [5.74, 6) is -1.60. The first-order valence-corrected chi connectivity index (χ1v) is 10.6. The van der Waals surface area contributed by atoms with Crippen LogP contribution in [0.5, 0.6) is 17.2 Å². The van der Waals surface area contributed by atoms with Gasteiger partial charge in [-0.2, -0.15) is 0 Å². The second kappa shape index (κ2) is 10.2. The minimum atomic E-state index is -0.882. The van der Waals surface area contributed by atoms with Gasteiger partial charge in [-0.05, 0) is 36.4 Å². The molecule has 0 aliphatic carbocycles. The minimum absolute atomic E-state index is 0.0287. The summed E-state index contributed by atoms with van der Waals surface area (Å²) in [5.41, 5.74) is 0.236. The Morgan fingerprint density at radius 1 is 0.971 bits per heavy atom. The lowest BCUT2D eigenvalue weighted by Gasteiger charge is -2.33. The van der Waals surface area contributed by atoms with Crippen LogP contribution in [0.25, 0.3) is 0 Å². The largest absolute Gasteiger partial charge is 0.497 e. The number of urea groups is 1. The van der Waals surface area contributed by atoms with Crippen molar-refractivity contribution in [1.82, 2.24) is 10.6 Å². The van der Waals surface area contributed by atoms with E-state index in [0.717, 1.165) is 12.1 Å². The molecular formula is C25H23F2N3O4. The summed E-state index contributed by atoms with van der Waals surface area (Å²) in [5, 5.41) is 8.02. The Hall–Kier alpha value is -4.14. The van der Waals surface area contributed by atoms with Gasteiger partial charge in [0.15, 0.2) is 0 Å². The molecule has 1 heterocycles. The van der Waals surface area contributed by atoms with E-state index in [1.54, 1.807) is 24.3 Å². The molecule has 0 radical (unpaired) electrons. The van der Waals surface area contributed by atoms with E-state index in [1.165, 1.54) is 7.11 Å². The smallest absolute Gasteiger partial charge is 0.319 e. The van der Waals surface area contributed by atoms with Gasteiger partial charge in [0.05, 0.1) is 13.2 Å². The molecule has 4 rings (SSSR count). The summed E-state index contributed by atoms with van der Waals surface area (Å²) >= 11 is 0. The van der Waals surface area contributed by atoms with Crippen LogP contribution in [0.3, 0.4) is 0 Å². The van der Waals surface area contributed by atoms with Crippen molar-refractivity contribution in [3.05, 3.63) is 83.9 Å². The second-order valence-electron chi connectivity index (χ2n) is 7.76. The van der Waals surface area contributed by atoms with Crippen LogP contribution in [-0.2, 0) is 4.79 Å². The predicted octanol–water partition coefficient (Wildman–Crippen LogP) is 4.56. The van der Waals surface area contributed by atoms with Gasteiger partial charge in [0.2, 0.25) is 5.91 Å². The Kier molecular flexibility index (Phi) is 6.91. The summed E-state index contributed by atoms with van der Waals surface area (Å²) < 4.78 is 40.0. The molecule has 34 heavy (non-hydrogen) atoms. The van der Waals surface area contributed by atoms with Crippen molar-refractivity contribution in [3.8, 4) is 17.2 Å². The van der Waals surface area contributed by atoms with Crippen molar-refractivity contribution < 1.29 is 27.8 Å². The highest BCUT2D eigenvalue weighted by Gasteiger charge is 2.35. The number of hydrogen-bond acceptors (Lipinski definition) is 4. The molecule has 3 aromatic carbocycles. The summed E-state index contributed by atoms with van der Waals surface area (Å²) in [6, 6.07) is 16.8. The van der Waals surface area contributed by atoms with E-state index in [4.69, 9.17) is 9.47 Å². The number of nitrogens with one attached hydrogen (secondary N) is 3. The molecule has 1 aliphatic rings. The quantitative estimate of drug-likeness (QED) is 0.496. The molecule has 7 nitrogen and oxygen atoms in total. The standard InChI is InChI=1S/C25H23F2N3O4/c1-33-18-11-20(26)24(21(27)12-18)19-13-23(31)28-14-22(19)30-25(32)29-15-7-9-17(10-8-15)34-16-5-3-2-4-6-16/h2-12,19,22H,13-14H2,1H3,(H,28,31)(H2,29,30,32). The molecule has 176 valence electrons. The number of hydrogen-bond donors (Lipinski definition) is 3. The molecule has 2 atom stereocenters. The zero-order valence-electron chi connectivity index (χ0n) is 18.3. The highest BCUT2D eigenvalue weighted by atomic mass is 19.1. The van der Waals surface area contributed by atoms with Crippen LogP contribution < -0.4 is 25.4 Å². The number of benzene rings is 3. The van der Waals surface area contributed by atoms with Gasteiger partial charge < -0.3 is 25.4 Å². The van der Waals surface area contributed by atoms with Gasteiger partial charge in [-0.15, -0.1) is 0 Å². The summed E-state index contributed by atoms with van der Waals surface area (Å²) in [6.07, 6.45) is -0.170. The van der Waals surface area contributed by atoms with Crippen molar-refractivity contribution in [2.24, 2.45) is 0 Å². The maximum absolute atomic E-state index is 14.7. The molecule has 0 bridgehead atoms. The molecule has 9 heteroatoms. The molecule has 1 saturated heterocycles. The zero-order chi connectivity index (χ0) is 24.1. The molecule has 1 aliphatic heterocycles. The molecule has 1 fully saturated rings. The molecule has 3 aromatic rings. The molecule has 0 saturated carbocycles. The second-order valence-corrected chi connectivity index (χ2v) is 7.76. The Balaban J connectivity index is 1.43. The van der Waals surface area contributed by atoms with Crippen molar-refractivity contribution in [2.75, 3.05) is 19.0 Å². The maximum Gasteiger partial charge on any atom is 0.319 e. The van der Waals surface area contributed by atoms with Crippen LogP contribution in [-0.4, -0.2) is 31.6 Å². The molecule has 2 unspecified atom stereocenters. The first-order chi connectivity index (χ1) is 16.4. The number of carbonyl (C=O) groups is 2. The van der Waals surface area contributed by atoms with Crippen molar-refractivity contribution >= 4 is 17.6 Å². The summed E-state index contributed by atoms with van der Waals surface area (Å²) in [4.78, 5) is 24.6. The lowest BCUT2D eigenvalue weighted by Crippen LogP contribution is -2.53. The van der Waals surface area contributed by atoms with E-state index in [0.29, 0.717) is 17.2 Å². The number of amides is 3. The SMILES string of the molecule is COc1cc(F)c(C2CC(=O)NCC2NC(=O)Nc2ccc(Oc3ccccc3)cc2)c(F)c1. The number of rotatable bonds is 6. The molecule has 3 N–H and O–H groups in total. The fourth-order valence-corrected chi connectivity index (χ4v) is 3.83. The van der Waals surface area contributed by atoms with Crippen molar-refractivity contribution in [1.29, 1.82) is 0 Å². The lowest BCUT2D eigenvalue weighted by molar-refractivity contribution is -0.123. The lowest BCUT2D eigenvalue weighted by atomic mass is 9.85. The number of ether oxygens (including phenoxy) is 2. The Morgan fingerprint density at radius 2 is 1.62 bits per heavy atom. The molecule has 3 amide bonds. The average Bonchev–Trinajstić information content (AvgIpc) is 2.82. The minimum Gasteiger partial charge on any atom is -0.497 e. The monoisotopic (exact) mass is 467 g/mol. The van der Waals surface area contributed by atoms with Gasteiger partial charge in [-0.25, -0.2) is 13.6 Å². The Bertz CT molecular complexity index is 1150. The Labute approximate surface area is 195 Å². The van der Waals surface area contributed by atoms with E-state index < -0.39 is 29.6 Å². The van der Waals surface area contributed by atoms with E-state index in [2.05, 4.69) is 16.0 Å². The summed E-state index contributed by atoms with van der Waals surface area (Å²) in [6.45, 7) is 0.0334. The normalized spacial score (nSPS) is 17.4. The highest BCUT2D eigenvalue weighted by molar-refractivity contribution is 5.90. The van der Waals surface area contributed by atoms with Gasteiger partial charge in [0.1, 0.15) is 28.9 Å². The summed E-state index contributed by atoms with van der Waals surface area (Å²) in [7, 11) is 1.30. The van der Waals surface area contributed by atoms with Crippen molar-refractivity contribution in [3.63, 3.8) is 0 Å². The van der Waals surface area contributed by atoms with Crippen LogP contribution in [0.15, 0.2) is 66.7 Å². The third kappa shape index (κ3) is 5.43. The third-order valence-corrected chi connectivity index (χ3v) is 5.48. The van der Waals surface area contributed by atoms with Crippen molar-refractivity contribution in [2.45, 2.75) is 18.4 Å². The molecule has 0 spiro atoms. The van der Waals surface area contributed by atoms with E-state index in [-0.39, 0.29) is 30.2 Å². The van der Waals surface area contributed by atoms with Gasteiger partial charge in [-0.1, -0.05) is 18.2 Å². The number of methoxy groups -OCH3 is 1. The van der Waals surface area contributed by atoms with Crippen LogP contribution in [0.4, 0.5) is 19.3 Å². The highest BCUT2D eigenvalue weighted by Crippen LogP contribution is 2.33. The van der Waals surface area contributed by atoms with E-state index in [1.807, 2.05) is 30.3 Å². The first-order valence-electron chi connectivity index (χ1n) is 10.6. The van der Waals surface area contributed by atoms with E-state index >= 15 is 0 Å². The third-order valence-electron chi connectivity index (χ3n) is 5.48.